The second-order valence-electron chi connectivity index (χ2n) is 12.1. The van der Waals surface area contributed by atoms with Crippen molar-refractivity contribution >= 4 is 14.0 Å². The van der Waals surface area contributed by atoms with Crippen LogP contribution >= 0.6 is 8.25 Å². The Labute approximate surface area is 298 Å². The molecule has 0 spiro atoms. The van der Waals surface area contributed by atoms with Crippen molar-refractivity contribution in [2.45, 2.75) is 43.2 Å². The lowest BCUT2D eigenvalue weighted by molar-refractivity contribution is -0.213. The Hall–Kier alpha value is -5.27. The van der Waals surface area contributed by atoms with Gasteiger partial charge >= 0.3 is 13.9 Å². The molecule has 1 aromatic heterocycles. The highest BCUT2D eigenvalue weighted by molar-refractivity contribution is 7.32. The number of nitrogens with zero attached hydrogens (tertiary/aromatic N) is 1. The number of benzene rings is 4. The number of ether oxygens (including phenoxy) is 4. The van der Waals surface area contributed by atoms with E-state index in [0.717, 1.165) is 4.57 Å². The van der Waals surface area contributed by atoms with Gasteiger partial charge in [0.25, 0.3) is 11.3 Å². The van der Waals surface area contributed by atoms with E-state index in [4.69, 9.17) is 23.5 Å². The van der Waals surface area contributed by atoms with Crippen LogP contribution in [0.1, 0.15) is 45.3 Å². The molecule has 0 amide bonds. The molecule has 5 atom stereocenters. The monoisotopic (exact) mass is 727 g/mol. The van der Waals surface area contributed by atoms with Crippen molar-refractivity contribution in [3.05, 3.63) is 164 Å². The molecule has 0 aliphatic carbocycles. The number of aliphatic hydroxyl groups is 1. The third-order valence-electron chi connectivity index (χ3n) is 8.98. The molecule has 13 nitrogen and oxygen atoms in total. The van der Waals surface area contributed by atoms with E-state index in [1.165, 1.54) is 27.3 Å². The van der Waals surface area contributed by atoms with E-state index in [-0.39, 0.29) is 11.1 Å². The predicted molar refractivity (Wildman–Crippen MR) is 188 cm³/mol. The van der Waals surface area contributed by atoms with Gasteiger partial charge in [-0.05, 0) is 47.9 Å². The molecular weight excluding hydrogens is 691 g/mol. The molecule has 2 unspecified atom stereocenters. The first-order chi connectivity index (χ1) is 25.0. The number of H-pyrrole nitrogens is 1. The van der Waals surface area contributed by atoms with Crippen molar-refractivity contribution in [1.82, 2.24) is 9.55 Å². The number of aryl methyl sites for hydroxylation is 1. The summed E-state index contributed by atoms with van der Waals surface area (Å²) in [6.45, 7) is 1.47. The summed E-state index contributed by atoms with van der Waals surface area (Å²) in [7, 11) is -0.425. The summed E-state index contributed by atoms with van der Waals surface area (Å²) in [6, 6.07) is 31.2. The maximum atomic E-state index is 14.8. The van der Waals surface area contributed by atoms with Crippen LogP contribution in [0.4, 0.5) is 0 Å². The fourth-order valence-electron chi connectivity index (χ4n) is 6.42. The van der Waals surface area contributed by atoms with Crippen LogP contribution in [0.15, 0.2) is 125 Å². The zero-order valence-corrected chi connectivity index (χ0v) is 29.3. The number of carbonyl (C=O) groups is 1. The number of aromatic amines is 1. The molecule has 6 rings (SSSR count). The normalized spacial score (nSPS) is 19.5. The van der Waals surface area contributed by atoms with Crippen LogP contribution in [0, 0.1) is 6.92 Å². The van der Waals surface area contributed by atoms with Crippen molar-refractivity contribution in [1.29, 1.82) is 0 Å². The molecule has 2 heterocycles. The van der Waals surface area contributed by atoms with E-state index in [2.05, 4.69) is 4.98 Å². The molecule has 1 fully saturated rings. The number of hydrogen-bond donors (Lipinski definition) is 3. The smallest absolute Gasteiger partial charge is 0.497 e. The average Bonchev–Trinajstić information content (AvgIpc) is 3.49. The number of Topliss-reactive ketones (excluding diaryl/α,β-unsaturated/α-hetero) is 1. The molecule has 1 aliphatic heterocycles. The van der Waals surface area contributed by atoms with Crippen molar-refractivity contribution in [3.8, 4) is 11.5 Å². The molecular formula is C38H36N2O11P+. The van der Waals surface area contributed by atoms with Crippen molar-refractivity contribution < 1.29 is 42.8 Å². The van der Waals surface area contributed by atoms with Crippen LogP contribution in [0.25, 0.3) is 0 Å². The van der Waals surface area contributed by atoms with E-state index in [1.54, 1.807) is 91.0 Å². The summed E-state index contributed by atoms with van der Waals surface area (Å²) in [5, 5.41) is 12.1. The number of hydrogen-bond acceptors (Lipinski definition) is 10. The molecule has 14 heteroatoms. The van der Waals surface area contributed by atoms with Crippen LogP contribution in [-0.2, 0) is 24.2 Å². The van der Waals surface area contributed by atoms with E-state index in [9.17, 15) is 28.9 Å². The fraction of sp³-hybridized carbons (Fsp3) is 0.237. The lowest BCUT2D eigenvalue weighted by Crippen LogP contribution is -2.54. The zero-order valence-electron chi connectivity index (χ0n) is 28.4. The molecule has 0 radical (unpaired) electrons. The van der Waals surface area contributed by atoms with Gasteiger partial charge in [-0.25, -0.2) is 4.79 Å². The summed E-state index contributed by atoms with van der Waals surface area (Å²) in [5.74, 6) is -2.24. The summed E-state index contributed by atoms with van der Waals surface area (Å²) in [5.41, 5.74) is -1.18. The van der Waals surface area contributed by atoms with Gasteiger partial charge in [-0.15, -0.1) is 4.89 Å². The number of aromatic nitrogens is 2. The van der Waals surface area contributed by atoms with Crippen LogP contribution in [0.2, 0.25) is 0 Å². The van der Waals surface area contributed by atoms with Gasteiger partial charge in [-0.3, -0.25) is 19.1 Å². The highest BCUT2D eigenvalue weighted by Gasteiger charge is 2.61. The van der Waals surface area contributed by atoms with Crippen LogP contribution in [-0.4, -0.2) is 57.5 Å². The maximum absolute atomic E-state index is 14.8. The fourth-order valence-corrected chi connectivity index (χ4v) is 6.87. The van der Waals surface area contributed by atoms with Gasteiger partial charge in [0.15, 0.2) is 18.0 Å². The second kappa shape index (κ2) is 15.1. The van der Waals surface area contributed by atoms with E-state index < -0.39 is 61.5 Å². The van der Waals surface area contributed by atoms with Gasteiger partial charge in [0.1, 0.15) is 23.3 Å². The van der Waals surface area contributed by atoms with Crippen molar-refractivity contribution in [2.24, 2.45) is 0 Å². The lowest BCUT2D eigenvalue weighted by Gasteiger charge is -2.41. The second-order valence-corrected chi connectivity index (χ2v) is 12.8. The quantitative estimate of drug-likeness (QED) is 0.0660. The predicted octanol–water partition coefficient (Wildman–Crippen LogP) is 4.76. The number of methoxy groups -OCH3 is 2. The molecule has 268 valence electrons. The summed E-state index contributed by atoms with van der Waals surface area (Å²) in [4.78, 5) is 52.2. The number of nitrogens with one attached hydrogen (secondary N) is 1. The Morgan fingerprint density at radius 2 is 1.40 bits per heavy atom. The zero-order chi connectivity index (χ0) is 37.0. The number of ketones is 1. The largest absolute Gasteiger partial charge is 0.697 e. The molecule has 4 aromatic carbocycles. The SMILES string of the molecule is COc1ccc(C(OC(C(=O)c2ccccc2)[C@H]2O[C@@H](n3cc(C)c(=O)[nH]c3=O)C[C@]2(O)O[P+](=O)O)(c2ccccc2)c2ccc(OC)cc2)cc1. The lowest BCUT2D eigenvalue weighted by atomic mass is 9.79. The third kappa shape index (κ3) is 7.10. The first-order valence-electron chi connectivity index (χ1n) is 16.2. The molecule has 5 aromatic rings. The van der Waals surface area contributed by atoms with E-state index in [0.29, 0.717) is 28.2 Å². The minimum atomic E-state index is -3.49. The van der Waals surface area contributed by atoms with E-state index >= 15 is 0 Å². The highest BCUT2D eigenvalue weighted by Crippen LogP contribution is 2.48. The average molecular weight is 728 g/mol. The van der Waals surface area contributed by atoms with Crippen LogP contribution in [0.3, 0.4) is 0 Å². The van der Waals surface area contributed by atoms with Crippen LogP contribution in [0.5, 0.6) is 11.5 Å². The Morgan fingerprint density at radius 1 is 0.885 bits per heavy atom. The topological polar surface area (TPSA) is 176 Å². The van der Waals surface area contributed by atoms with Crippen molar-refractivity contribution in [3.63, 3.8) is 0 Å². The Morgan fingerprint density at radius 3 is 1.92 bits per heavy atom. The molecule has 3 N–H and O–H groups in total. The van der Waals surface area contributed by atoms with Gasteiger partial charge < -0.3 is 24.1 Å². The molecule has 0 bridgehead atoms. The maximum Gasteiger partial charge on any atom is 0.697 e. The Kier molecular flexibility index (Phi) is 10.6. The summed E-state index contributed by atoms with van der Waals surface area (Å²) < 4.78 is 42.9. The molecule has 0 saturated carbocycles. The summed E-state index contributed by atoms with van der Waals surface area (Å²) >= 11 is 0. The first-order valence-corrected chi connectivity index (χ1v) is 17.3. The van der Waals surface area contributed by atoms with Crippen LogP contribution < -0.4 is 20.7 Å². The minimum absolute atomic E-state index is 0.152. The van der Waals surface area contributed by atoms with Gasteiger partial charge in [-0.1, -0.05) is 89.5 Å². The van der Waals surface area contributed by atoms with E-state index in [1.807, 2.05) is 18.2 Å². The third-order valence-corrected chi connectivity index (χ3v) is 9.45. The van der Waals surface area contributed by atoms with Gasteiger partial charge in [0.05, 0.1) is 20.6 Å². The molecule has 1 saturated heterocycles. The first kappa shape index (κ1) is 36.5. The highest BCUT2D eigenvalue weighted by atomic mass is 31.1. The summed E-state index contributed by atoms with van der Waals surface area (Å²) in [6.07, 6.45) is -4.36. The molecule has 52 heavy (non-hydrogen) atoms. The van der Waals surface area contributed by atoms with Gasteiger partial charge in [0, 0.05) is 21.9 Å². The minimum Gasteiger partial charge on any atom is -0.497 e. The standard InChI is InChI=1S/C38H35N2O11P/c1-24-23-40(36(43)39-35(24)42)31-22-37(44,51-52(45)46)34(49-31)33(32(41)25-10-6-4-7-11-25)50-38(26-12-8-5-9-13-26,27-14-18-29(47-2)19-15-27)28-16-20-30(48-3)21-17-28/h4-21,23,31,33-34,44H,22H2,1-3H3,(H-,39,42,43,45,46)/p+1/t31-,33?,34-,37+/m1/s1. The molecule has 1 aliphatic rings. The number of carbonyl (C=O) groups excluding carboxylic acids is 1. The Balaban J connectivity index is 1.61. The van der Waals surface area contributed by atoms with Gasteiger partial charge in [0.2, 0.25) is 0 Å². The van der Waals surface area contributed by atoms with Crippen molar-refractivity contribution in [2.75, 3.05) is 14.2 Å². The Bertz CT molecular complexity index is 2110. The number of rotatable bonds is 13. The van der Waals surface area contributed by atoms with Gasteiger partial charge in [-0.2, -0.15) is 0 Å².